The number of primary amides is 1. The second-order valence-corrected chi connectivity index (χ2v) is 6.84. The quantitative estimate of drug-likeness (QED) is 0.843. The number of para-hydroxylation sites is 1. The number of carbonyl (C=O) groups excluding carboxylic acids is 2. The second kappa shape index (κ2) is 6.60. The van der Waals surface area contributed by atoms with Gasteiger partial charge in [-0.05, 0) is 56.1 Å². The number of fused-ring (bicyclic) bond motifs is 2. The fourth-order valence-corrected chi connectivity index (χ4v) is 4.25. The van der Waals surface area contributed by atoms with Gasteiger partial charge in [-0.25, -0.2) is 0 Å². The van der Waals surface area contributed by atoms with E-state index in [1.807, 2.05) is 0 Å². The minimum Gasteiger partial charge on any atom is -0.483 e. The molecular formula is C18H24N2O3. The molecule has 4 atom stereocenters. The van der Waals surface area contributed by atoms with E-state index in [1.165, 1.54) is 25.7 Å². The van der Waals surface area contributed by atoms with E-state index >= 15 is 0 Å². The van der Waals surface area contributed by atoms with Crippen LogP contribution in [0.15, 0.2) is 24.3 Å². The molecule has 0 saturated heterocycles. The van der Waals surface area contributed by atoms with Crippen LogP contribution in [0.5, 0.6) is 5.75 Å². The van der Waals surface area contributed by atoms with Crippen LogP contribution in [0.1, 0.15) is 43.0 Å². The normalized spacial score (nSPS) is 26.7. The number of ether oxygens (including phenoxy) is 1. The maximum atomic E-state index is 12.1. The predicted molar refractivity (Wildman–Crippen MR) is 87.0 cm³/mol. The minimum absolute atomic E-state index is 0.102. The van der Waals surface area contributed by atoms with Gasteiger partial charge in [-0.2, -0.15) is 0 Å². The number of nitrogens with two attached hydrogens (primary N) is 1. The molecule has 0 unspecified atom stereocenters. The van der Waals surface area contributed by atoms with Crippen LogP contribution >= 0.6 is 0 Å². The van der Waals surface area contributed by atoms with Crippen molar-refractivity contribution in [2.75, 3.05) is 6.61 Å². The van der Waals surface area contributed by atoms with Gasteiger partial charge in [0.05, 0.1) is 5.56 Å². The fraction of sp³-hybridized carbons (Fsp3) is 0.556. The molecule has 2 amide bonds. The molecular weight excluding hydrogens is 292 g/mol. The van der Waals surface area contributed by atoms with Crippen LogP contribution in [0.25, 0.3) is 0 Å². The van der Waals surface area contributed by atoms with Crippen LogP contribution < -0.4 is 15.8 Å². The highest BCUT2D eigenvalue weighted by Crippen LogP contribution is 2.49. The van der Waals surface area contributed by atoms with E-state index in [0.717, 1.165) is 11.8 Å². The highest BCUT2D eigenvalue weighted by molar-refractivity contribution is 5.95. The predicted octanol–water partition coefficient (Wildman–Crippen LogP) is 2.11. The summed E-state index contributed by atoms with van der Waals surface area (Å²) in [5.74, 6) is 1.86. The lowest BCUT2D eigenvalue weighted by atomic mass is 9.84. The molecule has 1 aromatic carbocycles. The van der Waals surface area contributed by atoms with Gasteiger partial charge >= 0.3 is 0 Å². The van der Waals surface area contributed by atoms with Gasteiger partial charge < -0.3 is 15.8 Å². The van der Waals surface area contributed by atoms with Gasteiger partial charge in [0, 0.05) is 6.04 Å². The average Bonchev–Trinajstić information content (AvgIpc) is 3.16. The maximum absolute atomic E-state index is 12.1. The third-order valence-electron chi connectivity index (χ3n) is 5.33. The number of rotatable bonds is 6. The van der Waals surface area contributed by atoms with Gasteiger partial charge in [0.2, 0.25) is 0 Å². The highest BCUT2D eigenvalue weighted by Gasteiger charge is 2.42. The zero-order valence-electron chi connectivity index (χ0n) is 13.5. The van der Waals surface area contributed by atoms with E-state index in [4.69, 9.17) is 10.5 Å². The first-order chi connectivity index (χ1) is 11.0. The number of carbonyl (C=O) groups is 2. The van der Waals surface area contributed by atoms with Gasteiger partial charge in [0.25, 0.3) is 11.8 Å². The molecule has 3 rings (SSSR count). The first kappa shape index (κ1) is 15.8. The molecule has 5 heteroatoms. The minimum atomic E-state index is -0.559. The van der Waals surface area contributed by atoms with Crippen LogP contribution in [0.3, 0.4) is 0 Å². The summed E-state index contributed by atoms with van der Waals surface area (Å²) in [6, 6.07) is 6.87. The van der Waals surface area contributed by atoms with Crippen LogP contribution in [0.2, 0.25) is 0 Å². The number of nitrogens with one attached hydrogen (secondary N) is 1. The summed E-state index contributed by atoms with van der Waals surface area (Å²) in [6.07, 6.45) is 5.22. The standard InChI is InChI=1S/C18H24N2O3/c1-11(15-9-12-6-7-13(15)8-12)20-17(21)10-23-16-5-3-2-4-14(16)18(19)22/h2-5,11-13,15H,6-10H2,1H3,(H2,19,22)(H,20,21)/t11-,12-,13-,15-/m0/s1. The van der Waals surface area contributed by atoms with Crippen molar-refractivity contribution >= 4 is 11.8 Å². The molecule has 0 heterocycles. The third-order valence-corrected chi connectivity index (χ3v) is 5.33. The zero-order chi connectivity index (χ0) is 16.4. The van der Waals surface area contributed by atoms with Gasteiger partial charge in [-0.3, -0.25) is 9.59 Å². The van der Waals surface area contributed by atoms with Crippen molar-refractivity contribution in [3.05, 3.63) is 29.8 Å². The van der Waals surface area contributed by atoms with Crippen LogP contribution in [0, 0.1) is 17.8 Å². The van der Waals surface area contributed by atoms with E-state index in [9.17, 15) is 9.59 Å². The first-order valence-corrected chi connectivity index (χ1v) is 8.35. The van der Waals surface area contributed by atoms with Crippen molar-refractivity contribution in [3.8, 4) is 5.75 Å². The summed E-state index contributed by atoms with van der Waals surface area (Å²) in [5.41, 5.74) is 5.59. The zero-order valence-corrected chi connectivity index (χ0v) is 13.5. The summed E-state index contributed by atoms with van der Waals surface area (Å²) in [5, 5.41) is 3.05. The summed E-state index contributed by atoms with van der Waals surface area (Å²) < 4.78 is 5.47. The monoisotopic (exact) mass is 316 g/mol. The smallest absolute Gasteiger partial charge is 0.258 e. The Hall–Kier alpha value is -2.04. The molecule has 124 valence electrons. The molecule has 1 aromatic rings. The van der Waals surface area contributed by atoms with Crippen molar-refractivity contribution in [2.24, 2.45) is 23.5 Å². The molecule has 2 aliphatic rings. The first-order valence-electron chi connectivity index (χ1n) is 8.35. The maximum Gasteiger partial charge on any atom is 0.258 e. The fourth-order valence-electron chi connectivity index (χ4n) is 4.25. The second-order valence-electron chi connectivity index (χ2n) is 6.84. The summed E-state index contributed by atoms with van der Waals surface area (Å²) in [4.78, 5) is 23.5. The molecule has 5 nitrogen and oxygen atoms in total. The van der Waals surface area contributed by atoms with Crippen molar-refractivity contribution in [3.63, 3.8) is 0 Å². The Morgan fingerprint density at radius 2 is 2.09 bits per heavy atom. The van der Waals surface area contributed by atoms with E-state index < -0.39 is 5.91 Å². The van der Waals surface area contributed by atoms with Crippen LogP contribution in [-0.2, 0) is 4.79 Å². The Morgan fingerprint density at radius 3 is 2.74 bits per heavy atom. The highest BCUT2D eigenvalue weighted by atomic mass is 16.5. The number of amides is 2. The summed E-state index contributed by atoms with van der Waals surface area (Å²) in [6.45, 7) is 1.98. The molecule has 2 fully saturated rings. The Labute approximate surface area is 136 Å². The van der Waals surface area contributed by atoms with Gasteiger partial charge in [-0.15, -0.1) is 0 Å². The van der Waals surface area contributed by atoms with Gasteiger partial charge in [-0.1, -0.05) is 18.6 Å². The lowest BCUT2D eigenvalue weighted by Crippen LogP contribution is -2.42. The van der Waals surface area contributed by atoms with Gasteiger partial charge in [0.15, 0.2) is 6.61 Å². The Balaban J connectivity index is 1.51. The molecule has 0 radical (unpaired) electrons. The van der Waals surface area contributed by atoms with E-state index in [2.05, 4.69) is 12.2 Å². The average molecular weight is 316 g/mol. The molecule has 2 aliphatic carbocycles. The molecule has 2 saturated carbocycles. The summed E-state index contributed by atoms with van der Waals surface area (Å²) >= 11 is 0. The van der Waals surface area contributed by atoms with Gasteiger partial charge in [0.1, 0.15) is 5.75 Å². The molecule has 3 N–H and O–H groups in total. The summed E-state index contributed by atoms with van der Waals surface area (Å²) in [7, 11) is 0. The van der Waals surface area contributed by atoms with Crippen molar-refractivity contribution < 1.29 is 14.3 Å². The largest absolute Gasteiger partial charge is 0.483 e. The van der Waals surface area contributed by atoms with Crippen molar-refractivity contribution in [2.45, 2.75) is 38.6 Å². The Morgan fingerprint density at radius 1 is 1.30 bits per heavy atom. The van der Waals surface area contributed by atoms with E-state index in [1.54, 1.807) is 24.3 Å². The Bertz CT molecular complexity index is 602. The number of hydrogen-bond donors (Lipinski definition) is 2. The molecule has 0 aliphatic heterocycles. The van der Waals surface area contributed by atoms with E-state index in [0.29, 0.717) is 17.2 Å². The molecule has 2 bridgehead atoms. The van der Waals surface area contributed by atoms with Crippen LogP contribution in [-0.4, -0.2) is 24.5 Å². The SMILES string of the molecule is C[C@H](NC(=O)COc1ccccc1C(N)=O)[C@@H]1C[C@H]2CC[C@H]1C2. The molecule has 23 heavy (non-hydrogen) atoms. The number of hydrogen-bond acceptors (Lipinski definition) is 3. The van der Waals surface area contributed by atoms with Crippen molar-refractivity contribution in [1.82, 2.24) is 5.32 Å². The molecule has 0 spiro atoms. The third kappa shape index (κ3) is 3.49. The molecule has 0 aromatic heterocycles. The van der Waals surface area contributed by atoms with Crippen molar-refractivity contribution in [1.29, 1.82) is 0 Å². The number of benzene rings is 1. The Kier molecular flexibility index (Phi) is 4.55. The van der Waals surface area contributed by atoms with Crippen LogP contribution in [0.4, 0.5) is 0 Å². The lowest BCUT2D eigenvalue weighted by molar-refractivity contribution is -0.124. The topological polar surface area (TPSA) is 81.4 Å². The van der Waals surface area contributed by atoms with E-state index in [-0.39, 0.29) is 18.6 Å². The lowest BCUT2D eigenvalue weighted by Gasteiger charge is -2.28.